The van der Waals surface area contributed by atoms with Crippen LogP contribution in [-0.2, 0) is 16.1 Å². The van der Waals surface area contributed by atoms with Gasteiger partial charge in [0.15, 0.2) is 18.5 Å². The van der Waals surface area contributed by atoms with Crippen molar-refractivity contribution in [1.29, 1.82) is 0 Å². The number of hydrogen-bond donors (Lipinski definition) is 1. The third-order valence-corrected chi connectivity index (χ3v) is 4.34. The van der Waals surface area contributed by atoms with E-state index in [1.165, 1.54) is 0 Å². The number of thiazole rings is 1. The molecule has 0 unspecified atom stereocenters. The number of carboxylic acid groups (broad SMARTS) is 1. The number of benzene rings is 1. The second-order valence-corrected chi connectivity index (χ2v) is 6.37. The molecule has 0 aliphatic carbocycles. The van der Waals surface area contributed by atoms with Crippen LogP contribution in [-0.4, -0.2) is 34.4 Å². The summed E-state index contributed by atoms with van der Waals surface area (Å²) in [6.07, 6.45) is -0.780. The molecule has 0 saturated heterocycles. The van der Waals surface area contributed by atoms with Crippen LogP contribution in [0.25, 0.3) is 21.3 Å². The lowest BCUT2D eigenvalue weighted by Crippen LogP contribution is -2.38. The molecule has 28 heavy (non-hydrogen) atoms. The molecule has 0 amide bonds. The van der Waals surface area contributed by atoms with Gasteiger partial charge in [-0.3, -0.25) is 4.79 Å². The molecule has 1 aromatic carbocycles. The molecule has 0 fully saturated rings. The van der Waals surface area contributed by atoms with Crippen molar-refractivity contribution in [2.45, 2.75) is 19.1 Å². The summed E-state index contributed by atoms with van der Waals surface area (Å²) in [6, 6.07) is 8.04. The van der Waals surface area contributed by atoms with Crippen molar-refractivity contribution in [3.63, 3.8) is 0 Å². The lowest BCUT2D eigenvalue weighted by atomic mass is 10.1. The van der Waals surface area contributed by atoms with E-state index in [-0.39, 0.29) is 6.42 Å². The fraction of sp³-hybridized carbons (Fsp3) is 0.222. The molecule has 2 heterocycles. The van der Waals surface area contributed by atoms with Crippen LogP contribution in [0.1, 0.15) is 6.42 Å². The topological polar surface area (TPSA) is 76.2 Å². The highest BCUT2D eigenvalue weighted by Crippen LogP contribution is 2.25. The highest BCUT2D eigenvalue weighted by Gasteiger charge is 2.33. The van der Waals surface area contributed by atoms with Gasteiger partial charge in [0.05, 0.1) is 22.8 Å². The molecule has 0 spiro atoms. The lowest BCUT2D eigenvalue weighted by molar-refractivity contribution is -0.752. The van der Waals surface area contributed by atoms with Crippen molar-refractivity contribution in [3.05, 3.63) is 54.5 Å². The van der Waals surface area contributed by atoms with Crippen LogP contribution >= 0.6 is 11.3 Å². The number of hydrogen-bond acceptors (Lipinski definition) is 5. The smallest absolute Gasteiger partial charge is 0.448 e. The average molecular weight is 412 g/mol. The van der Waals surface area contributed by atoms with Gasteiger partial charge < -0.3 is 9.84 Å². The maximum atomic E-state index is 11.2. The van der Waals surface area contributed by atoms with Gasteiger partial charge >= 0.3 is 12.1 Å². The highest BCUT2D eigenvalue weighted by atomic mass is 32.1. The zero-order valence-electron chi connectivity index (χ0n) is 14.8. The van der Waals surface area contributed by atoms with Crippen LogP contribution < -0.4 is 4.68 Å². The lowest BCUT2D eigenvalue weighted by Gasteiger charge is -2.06. The van der Waals surface area contributed by atoms with Gasteiger partial charge in [-0.1, -0.05) is 17.3 Å². The zero-order chi connectivity index (χ0) is 20.7. The molecule has 3 aromatic rings. The molecule has 2 aromatic heterocycles. The summed E-state index contributed by atoms with van der Waals surface area (Å²) < 4.78 is 40.2. The van der Waals surface area contributed by atoms with Crippen molar-refractivity contribution in [2.75, 3.05) is 7.11 Å². The Morgan fingerprint density at radius 2 is 2.07 bits per heavy atom. The van der Waals surface area contributed by atoms with Gasteiger partial charge in [-0.25, -0.2) is 4.98 Å². The average Bonchev–Trinajstić information content (AvgIpc) is 3.13. The first-order valence-corrected chi connectivity index (χ1v) is 8.80. The van der Waals surface area contributed by atoms with Crippen molar-refractivity contribution < 1.29 is 32.5 Å². The monoisotopic (exact) mass is 412 g/mol. The summed E-state index contributed by atoms with van der Waals surface area (Å²) in [7, 11) is 0.926. The fourth-order valence-electron chi connectivity index (χ4n) is 2.05. The molecule has 3 rings (SSSR count). The van der Waals surface area contributed by atoms with Crippen LogP contribution in [0.2, 0.25) is 0 Å². The number of allylic oxidation sites excluding steroid dienone is 1. The number of aromatic nitrogens is 3. The maximum Gasteiger partial charge on any atom is 0.448 e. The number of fused-ring (bicyclic) bond motifs is 1. The summed E-state index contributed by atoms with van der Waals surface area (Å²) in [5, 5.41) is 12.9. The quantitative estimate of drug-likeness (QED) is 0.509. The highest BCUT2D eigenvalue weighted by molar-refractivity contribution is 7.16. The number of rotatable bonds is 5. The largest absolute Gasteiger partial charge is 0.493 e. The Morgan fingerprint density at radius 3 is 2.61 bits per heavy atom. The summed E-state index contributed by atoms with van der Waals surface area (Å²) >= 11 is 1.61. The van der Waals surface area contributed by atoms with Gasteiger partial charge in [-0.15, -0.1) is 11.3 Å². The summed E-state index contributed by atoms with van der Waals surface area (Å²) in [6.45, 7) is 2.98. The van der Waals surface area contributed by atoms with E-state index in [1.807, 2.05) is 23.7 Å². The number of ether oxygens (including phenoxy) is 1. The van der Waals surface area contributed by atoms with Crippen molar-refractivity contribution in [3.8, 4) is 11.1 Å². The molecular weight excluding hydrogens is 395 g/mol. The zero-order valence-corrected chi connectivity index (χ0v) is 15.6. The summed E-state index contributed by atoms with van der Waals surface area (Å²) in [5.74, 6) is -1.99. The van der Waals surface area contributed by atoms with E-state index in [9.17, 15) is 18.0 Å². The van der Waals surface area contributed by atoms with E-state index >= 15 is 0 Å². The minimum atomic E-state index is -4.41. The van der Waals surface area contributed by atoms with E-state index in [1.54, 1.807) is 28.4 Å². The number of aliphatic carboxylic acids is 1. The van der Waals surface area contributed by atoms with E-state index in [0.717, 1.165) is 28.5 Å². The van der Waals surface area contributed by atoms with Crippen LogP contribution in [0.3, 0.4) is 0 Å². The van der Waals surface area contributed by atoms with Crippen LogP contribution in [0.5, 0.6) is 0 Å². The molecular formula is C18H17F3N3O3S+. The molecule has 0 aliphatic rings. The van der Waals surface area contributed by atoms with Crippen molar-refractivity contribution in [2.24, 2.45) is 0 Å². The van der Waals surface area contributed by atoms with Crippen LogP contribution in [0.4, 0.5) is 13.2 Å². The summed E-state index contributed by atoms with van der Waals surface area (Å²) in [5.41, 5.74) is 4.92. The van der Waals surface area contributed by atoms with Crippen LogP contribution in [0, 0.1) is 0 Å². The third-order valence-electron chi connectivity index (χ3n) is 3.55. The van der Waals surface area contributed by atoms with Gasteiger partial charge in [0, 0.05) is 11.6 Å². The molecule has 0 saturated carbocycles. The summed E-state index contributed by atoms with van der Waals surface area (Å²) in [4.78, 5) is 14.8. The predicted molar refractivity (Wildman–Crippen MR) is 97.5 cm³/mol. The molecule has 0 radical (unpaired) electrons. The number of halogens is 3. The number of carbonyl (C=O) groups is 1. The Labute approximate surface area is 162 Å². The third kappa shape index (κ3) is 6.02. The second-order valence-electron chi connectivity index (χ2n) is 5.48. The standard InChI is InChI=1S/C14H11N3O2S.C4H5F3O/c18-14(19)4-6-17-5-3-11(8-16-17)10-1-2-12-13(7-10)20-9-15-12;1-3(8-2)4(5,6)7/h1-3,5,7-9H,4,6H2;1H2,2H3/p+1. The molecule has 1 N–H and O–H groups in total. The first kappa shape index (κ1) is 21.3. The number of aryl methyl sites for hydroxylation is 1. The molecule has 148 valence electrons. The van der Waals surface area contributed by atoms with Crippen LogP contribution in [0.15, 0.2) is 54.5 Å². The normalized spacial score (nSPS) is 10.9. The Hall–Kier alpha value is -3.01. The molecule has 0 aliphatic heterocycles. The van der Waals surface area contributed by atoms with Crippen molar-refractivity contribution in [1.82, 2.24) is 10.1 Å². The SMILES string of the molecule is C=C(OC)C(F)(F)F.O=C(O)CC[n+]1ccc(-c2ccc3ncsc3c2)cn1. The van der Waals surface area contributed by atoms with Gasteiger partial charge in [-0.05, 0) is 22.8 Å². The Morgan fingerprint density at radius 1 is 1.32 bits per heavy atom. The first-order chi connectivity index (χ1) is 13.2. The van der Waals surface area contributed by atoms with Gasteiger partial charge in [0.2, 0.25) is 0 Å². The predicted octanol–water partition coefficient (Wildman–Crippen LogP) is 3.83. The number of carboxylic acids is 1. The Bertz CT molecular complexity index is 956. The van der Waals surface area contributed by atoms with Gasteiger partial charge in [-0.2, -0.15) is 13.2 Å². The van der Waals surface area contributed by atoms with Gasteiger partial charge in [0.1, 0.15) is 12.6 Å². The van der Waals surface area contributed by atoms with E-state index in [2.05, 4.69) is 27.5 Å². The molecule has 0 bridgehead atoms. The Balaban J connectivity index is 0.000000300. The van der Waals surface area contributed by atoms with E-state index in [4.69, 9.17) is 5.11 Å². The maximum absolute atomic E-state index is 11.2. The minimum absolute atomic E-state index is 0.0733. The van der Waals surface area contributed by atoms with E-state index in [0.29, 0.717) is 6.54 Å². The molecule has 0 atom stereocenters. The number of alkyl halides is 3. The number of methoxy groups -OCH3 is 1. The second kappa shape index (κ2) is 9.27. The van der Waals surface area contributed by atoms with Crippen molar-refractivity contribution >= 4 is 27.5 Å². The molecule has 10 heteroatoms. The number of nitrogens with zero attached hydrogens (tertiary/aromatic N) is 3. The molecule has 6 nitrogen and oxygen atoms in total. The van der Waals surface area contributed by atoms with E-state index < -0.39 is 17.9 Å². The fourth-order valence-corrected chi connectivity index (χ4v) is 2.76. The van der Waals surface area contributed by atoms with Gasteiger partial charge in [0.25, 0.3) is 0 Å². The first-order valence-electron chi connectivity index (χ1n) is 7.92. The minimum Gasteiger partial charge on any atom is -0.493 e. The Kier molecular flexibility index (Phi) is 7.05.